The van der Waals surface area contributed by atoms with Crippen LogP contribution < -0.4 is 5.32 Å². The number of rotatable bonds is 9. The predicted molar refractivity (Wildman–Crippen MR) is 110 cm³/mol. The summed E-state index contributed by atoms with van der Waals surface area (Å²) in [4.78, 5) is 38.1. The van der Waals surface area contributed by atoms with Crippen molar-refractivity contribution in [3.05, 3.63) is 47.3 Å². The molecule has 156 valence electrons. The van der Waals surface area contributed by atoms with Crippen LogP contribution in [-0.2, 0) is 20.9 Å². The molecule has 0 aliphatic carbocycles. The number of carbonyl (C=O) groups excluding carboxylic acids is 3. The molecule has 2 rings (SSSR count). The normalized spacial score (nSPS) is 10.5. The predicted octanol–water partition coefficient (Wildman–Crippen LogP) is 2.55. The van der Waals surface area contributed by atoms with E-state index in [4.69, 9.17) is 4.74 Å². The molecule has 0 fully saturated rings. The fourth-order valence-electron chi connectivity index (χ4n) is 2.94. The third-order valence-corrected chi connectivity index (χ3v) is 4.44. The first kappa shape index (κ1) is 22.1. The number of ether oxygens (including phenoxy) is 1. The summed E-state index contributed by atoms with van der Waals surface area (Å²) in [7, 11) is 0. The highest BCUT2D eigenvalue weighted by Gasteiger charge is 2.14. The van der Waals surface area contributed by atoms with Gasteiger partial charge < -0.3 is 15.0 Å². The van der Waals surface area contributed by atoms with E-state index in [-0.39, 0.29) is 18.9 Å². The quantitative estimate of drug-likeness (QED) is 0.653. The Labute approximate surface area is 170 Å². The number of aromatic nitrogens is 2. The first-order valence-corrected chi connectivity index (χ1v) is 9.69. The number of nitrogens with one attached hydrogen (secondary N) is 1. The Morgan fingerprint density at radius 3 is 2.48 bits per heavy atom. The molecular weight excluding hydrogens is 372 g/mol. The molecule has 8 heteroatoms. The Balaban J connectivity index is 1.83. The standard InChI is InChI=1S/C21H28N4O4/c1-5-24(6-2)21(28)17-8-7-9-18(13-17)22-19(26)14-29-20(27)10-11-25-16(4)12-15(3)23-25/h7-9,12-13H,5-6,10-11,14H2,1-4H3,(H,22,26). The molecule has 0 saturated heterocycles. The van der Waals surface area contributed by atoms with Gasteiger partial charge in [0.2, 0.25) is 0 Å². The summed E-state index contributed by atoms with van der Waals surface area (Å²) < 4.78 is 6.76. The van der Waals surface area contributed by atoms with Gasteiger partial charge in [-0.05, 0) is 52.0 Å². The Kier molecular flexibility index (Phi) is 7.94. The molecule has 0 radical (unpaired) electrons. The average molecular weight is 400 g/mol. The number of hydrogen-bond acceptors (Lipinski definition) is 5. The molecule has 1 N–H and O–H groups in total. The SMILES string of the molecule is CCN(CC)C(=O)c1cccc(NC(=O)COC(=O)CCn2nc(C)cc2C)c1. The van der Waals surface area contributed by atoms with Gasteiger partial charge in [-0.15, -0.1) is 0 Å². The number of hydrogen-bond donors (Lipinski definition) is 1. The Morgan fingerprint density at radius 2 is 1.86 bits per heavy atom. The second-order valence-electron chi connectivity index (χ2n) is 6.67. The molecular formula is C21H28N4O4. The van der Waals surface area contributed by atoms with Crippen LogP contribution >= 0.6 is 0 Å². The maximum absolute atomic E-state index is 12.4. The van der Waals surface area contributed by atoms with Crippen LogP contribution in [-0.4, -0.2) is 52.2 Å². The van der Waals surface area contributed by atoms with Crippen LogP contribution in [0.4, 0.5) is 5.69 Å². The lowest BCUT2D eigenvalue weighted by Crippen LogP contribution is -2.30. The number of nitrogens with zero attached hydrogens (tertiary/aromatic N) is 3. The molecule has 1 aromatic heterocycles. The van der Waals surface area contributed by atoms with Gasteiger partial charge in [0, 0.05) is 30.0 Å². The number of esters is 1. The highest BCUT2D eigenvalue weighted by atomic mass is 16.5. The fourth-order valence-corrected chi connectivity index (χ4v) is 2.94. The van der Waals surface area contributed by atoms with Gasteiger partial charge in [-0.1, -0.05) is 6.07 Å². The van der Waals surface area contributed by atoms with Crippen LogP contribution in [0.3, 0.4) is 0 Å². The first-order chi connectivity index (χ1) is 13.8. The van der Waals surface area contributed by atoms with E-state index < -0.39 is 11.9 Å². The van der Waals surface area contributed by atoms with Crippen molar-refractivity contribution >= 4 is 23.5 Å². The lowest BCUT2D eigenvalue weighted by molar-refractivity contribution is -0.147. The van der Waals surface area contributed by atoms with Gasteiger partial charge in [-0.3, -0.25) is 19.1 Å². The Morgan fingerprint density at radius 1 is 1.14 bits per heavy atom. The molecule has 8 nitrogen and oxygen atoms in total. The molecule has 1 aromatic carbocycles. The van der Waals surface area contributed by atoms with E-state index in [1.54, 1.807) is 33.8 Å². The third kappa shape index (κ3) is 6.44. The van der Waals surface area contributed by atoms with Gasteiger partial charge in [-0.25, -0.2) is 0 Å². The zero-order chi connectivity index (χ0) is 21.4. The molecule has 0 bridgehead atoms. The van der Waals surface area contributed by atoms with Crippen molar-refractivity contribution in [1.29, 1.82) is 0 Å². The summed E-state index contributed by atoms with van der Waals surface area (Å²) in [6.45, 7) is 8.86. The Bertz CT molecular complexity index is 871. The molecule has 29 heavy (non-hydrogen) atoms. The lowest BCUT2D eigenvalue weighted by Gasteiger charge is -2.19. The first-order valence-electron chi connectivity index (χ1n) is 9.69. The van der Waals surface area contributed by atoms with E-state index in [0.717, 1.165) is 11.4 Å². The summed E-state index contributed by atoms with van der Waals surface area (Å²) in [5.74, 6) is -1.03. The largest absolute Gasteiger partial charge is 0.456 e. The van der Waals surface area contributed by atoms with Gasteiger partial charge in [-0.2, -0.15) is 5.10 Å². The topological polar surface area (TPSA) is 93.5 Å². The van der Waals surface area contributed by atoms with E-state index in [0.29, 0.717) is 30.9 Å². The second kappa shape index (κ2) is 10.4. The second-order valence-corrected chi connectivity index (χ2v) is 6.67. The number of benzene rings is 1. The van der Waals surface area contributed by atoms with Crippen LogP contribution in [0.2, 0.25) is 0 Å². The monoisotopic (exact) mass is 400 g/mol. The summed E-state index contributed by atoms with van der Waals surface area (Å²) >= 11 is 0. The smallest absolute Gasteiger partial charge is 0.308 e. The minimum Gasteiger partial charge on any atom is -0.456 e. The molecule has 0 aliphatic heterocycles. The van der Waals surface area contributed by atoms with Crippen molar-refractivity contribution in [3.8, 4) is 0 Å². The number of amides is 2. The van der Waals surface area contributed by atoms with E-state index in [1.165, 1.54) is 0 Å². The highest BCUT2D eigenvalue weighted by Crippen LogP contribution is 2.13. The van der Waals surface area contributed by atoms with Crippen LogP contribution in [0.25, 0.3) is 0 Å². The van der Waals surface area contributed by atoms with Gasteiger partial charge in [0.05, 0.1) is 18.7 Å². The van der Waals surface area contributed by atoms with Gasteiger partial charge in [0.25, 0.3) is 11.8 Å². The van der Waals surface area contributed by atoms with Crippen LogP contribution in [0, 0.1) is 13.8 Å². The summed E-state index contributed by atoms with van der Waals surface area (Å²) in [5.41, 5.74) is 2.82. The van der Waals surface area contributed by atoms with Gasteiger partial charge in [0.1, 0.15) is 0 Å². The van der Waals surface area contributed by atoms with Crippen LogP contribution in [0.5, 0.6) is 0 Å². The molecule has 1 heterocycles. The zero-order valence-corrected chi connectivity index (χ0v) is 17.4. The number of aryl methyl sites for hydroxylation is 3. The number of anilines is 1. The van der Waals surface area contributed by atoms with E-state index >= 15 is 0 Å². The minimum absolute atomic E-state index is 0.0957. The number of carbonyl (C=O) groups is 3. The van der Waals surface area contributed by atoms with Gasteiger partial charge >= 0.3 is 5.97 Å². The molecule has 2 amide bonds. The maximum atomic E-state index is 12.4. The third-order valence-electron chi connectivity index (χ3n) is 4.44. The molecule has 2 aromatic rings. The van der Waals surface area contributed by atoms with Crippen molar-refractivity contribution < 1.29 is 19.1 Å². The van der Waals surface area contributed by atoms with E-state index in [1.807, 2.05) is 33.8 Å². The van der Waals surface area contributed by atoms with Crippen molar-refractivity contribution in [2.24, 2.45) is 0 Å². The van der Waals surface area contributed by atoms with Crippen molar-refractivity contribution in [3.63, 3.8) is 0 Å². The van der Waals surface area contributed by atoms with Crippen molar-refractivity contribution in [2.45, 2.75) is 40.7 Å². The fraction of sp³-hybridized carbons (Fsp3) is 0.429. The van der Waals surface area contributed by atoms with Crippen LogP contribution in [0.15, 0.2) is 30.3 Å². The molecule has 0 atom stereocenters. The summed E-state index contributed by atoms with van der Waals surface area (Å²) in [6.07, 6.45) is 0.128. The maximum Gasteiger partial charge on any atom is 0.308 e. The molecule has 0 spiro atoms. The van der Waals surface area contributed by atoms with E-state index in [9.17, 15) is 14.4 Å². The van der Waals surface area contributed by atoms with Crippen molar-refractivity contribution in [2.75, 3.05) is 25.0 Å². The molecule has 0 aliphatic rings. The molecule has 0 unspecified atom stereocenters. The molecule has 0 saturated carbocycles. The highest BCUT2D eigenvalue weighted by molar-refractivity contribution is 5.97. The summed E-state index contributed by atoms with van der Waals surface area (Å²) in [5, 5.41) is 6.93. The van der Waals surface area contributed by atoms with Crippen LogP contribution in [0.1, 0.15) is 42.0 Å². The Hall–Kier alpha value is -3.16. The summed E-state index contributed by atoms with van der Waals surface area (Å²) in [6, 6.07) is 8.63. The lowest BCUT2D eigenvalue weighted by atomic mass is 10.1. The van der Waals surface area contributed by atoms with Gasteiger partial charge in [0.15, 0.2) is 6.61 Å². The van der Waals surface area contributed by atoms with Crippen molar-refractivity contribution in [1.82, 2.24) is 14.7 Å². The minimum atomic E-state index is -0.474. The van der Waals surface area contributed by atoms with E-state index in [2.05, 4.69) is 10.4 Å². The average Bonchev–Trinajstić information content (AvgIpc) is 3.02. The zero-order valence-electron chi connectivity index (χ0n) is 17.4.